The van der Waals surface area contributed by atoms with Gasteiger partial charge in [-0.3, -0.25) is 24.1 Å². The summed E-state index contributed by atoms with van der Waals surface area (Å²) in [7, 11) is 3.00. The summed E-state index contributed by atoms with van der Waals surface area (Å²) in [6.07, 6.45) is 3.87. The van der Waals surface area contributed by atoms with Crippen LogP contribution in [0.15, 0.2) is 52.6 Å². The van der Waals surface area contributed by atoms with E-state index in [0.29, 0.717) is 34.5 Å². The highest BCUT2D eigenvalue weighted by Crippen LogP contribution is 2.56. The molecule has 3 aliphatic carbocycles. The van der Waals surface area contributed by atoms with E-state index in [2.05, 4.69) is 0 Å². The number of fused-ring (bicyclic) bond motifs is 3. The van der Waals surface area contributed by atoms with Gasteiger partial charge >= 0.3 is 0 Å². The second-order valence-corrected chi connectivity index (χ2v) is 8.89. The number of allylic oxidation sites excluding steroid dienone is 6. The van der Waals surface area contributed by atoms with Crippen LogP contribution in [0.1, 0.15) is 31.2 Å². The summed E-state index contributed by atoms with van der Waals surface area (Å²) in [6, 6.07) is 4.78. The van der Waals surface area contributed by atoms with E-state index in [9.17, 15) is 24.3 Å². The van der Waals surface area contributed by atoms with Gasteiger partial charge in [-0.05, 0) is 50.0 Å². The van der Waals surface area contributed by atoms with Crippen molar-refractivity contribution in [3.8, 4) is 11.5 Å². The van der Waals surface area contributed by atoms with Crippen LogP contribution in [0.3, 0.4) is 0 Å². The number of ketones is 2. The molecule has 5 rings (SSSR count). The Morgan fingerprint density at radius 3 is 2.56 bits per heavy atom. The second kappa shape index (κ2) is 7.02. The lowest BCUT2D eigenvalue weighted by Crippen LogP contribution is -2.39. The van der Waals surface area contributed by atoms with E-state index in [-0.39, 0.29) is 35.6 Å². The van der Waals surface area contributed by atoms with Crippen molar-refractivity contribution in [3.05, 3.63) is 58.2 Å². The first-order chi connectivity index (χ1) is 15.2. The lowest BCUT2D eigenvalue weighted by atomic mass is 9.59. The summed E-state index contributed by atoms with van der Waals surface area (Å²) in [4.78, 5) is 53.1. The molecule has 1 aliphatic heterocycles. The van der Waals surface area contributed by atoms with Gasteiger partial charge in [-0.1, -0.05) is 11.6 Å². The van der Waals surface area contributed by atoms with E-state index < -0.39 is 23.7 Å². The zero-order valence-electron chi connectivity index (χ0n) is 18.0. The van der Waals surface area contributed by atoms with Crippen LogP contribution in [0, 0.1) is 17.8 Å². The number of amides is 2. The van der Waals surface area contributed by atoms with E-state index in [4.69, 9.17) is 4.74 Å². The molecular formula is C25H23NO6. The molecule has 0 radical (unpaired) electrons. The number of Topliss-reactive ketones (excluding diaryl/α,β-unsaturated/α-hetero) is 1. The average Bonchev–Trinajstić information content (AvgIpc) is 3.01. The molecular weight excluding hydrogens is 410 g/mol. The molecule has 1 aromatic carbocycles. The number of carbonyl (C=O) groups is 4. The largest absolute Gasteiger partial charge is 0.508 e. The number of hydrogen-bond acceptors (Lipinski definition) is 6. The highest BCUT2D eigenvalue weighted by Gasteiger charge is 2.55. The van der Waals surface area contributed by atoms with Crippen molar-refractivity contribution in [2.45, 2.75) is 25.7 Å². The number of likely N-dealkylation sites (tertiary alicyclic amines) is 1. The SMILES string of the molecule is COc1ccc(O)c([C@H]2C3=CC[C@@H]4C(=O)N(C)C(=O)[C@@H]4[C@@H]3CC3=C2C(=O)C(C)=CC3=O)c1. The van der Waals surface area contributed by atoms with E-state index in [1.165, 1.54) is 31.2 Å². The molecule has 1 heterocycles. The highest BCUT2D eigenvalue weighted by molar-refractivity contribution is 6.23. The number of methoxy groups -OCH3 is 1. The quantitative estimate of drug-likeness (QED) is 0.437. The van der Waals surface area contributed by atoms with Crippen LogP contribution in [0.5, 0.6) is 11.5 Å². The van der Waals surface area contributed by atoms with Gasteiger partial charge in [0, 0.05) is 35.2 Å². The molecule has 2 amide bonds. The monoisotopic (exact) mass is 433 g/mol. The number of phenolic OH excluding ortho intramolecular Hbond substituents is 1. The maximum absolute atomic E-state index is 13.3. The van der Waals surface area contributed by atoms with Crippen molar-refractivity contribution < 1.29 is 29.0 Å². The van der Waals surface area contributed by atoms with Crippen LogP contribution in [-0.4, -0.2) is 47.5 Å². The lowest BCUT2D eigenvalue weighted by molar-refractivity contribution is -0.138. The molecule has 0 aromatic heterocycles. The Hall–Kier alpha value is -3.48. The van der Waals surface area contributed by atoms with Gasteiger partial charge in [-0.25, -0.2) is 0 Å². The molecule has 1 N–H and O–H groups in total. The molecule has 164 valence electrons. The van der Waals surface area contributed by atoms with E-state index >= 15 is 0 Å². The van der Waals surface area contributed by atoms with Crippen molar-refractivity contribution in [1.82, 2.24) is 4.90 Å². The van der Waals surface area contributed by atoms with Gasteiger partial charge in [0.15, 0.2) is 11.6 Å². The van der Waals surface area contributed by atoms with Gasteiger partial charge in [-0.2, -0.15) is 0 Å². The molecule has 0 unspecified atom stereocenters. The first kappa shape index (κ1) is 20.4. The van der Waals surface area contributed by atoms with Crippen LogP contribution in [0.25, 0.3) is 0 Å². The standard InChI is InChI=1S/C25H23NO6/c1-11-8-19(28)17-10-15-13(5-6-14-21(15)25(31)26(2)24(14)30)20(22(17)23(11)29)16-9-12(32-3)4-7-18(16)27/h4-5,7-9,14-15,20-21,27H,6,10H2,1-3H3/t14-,15+,20+,21-/m0/s1. The van der Waals surface area contributed by atoms with Gasteiger partial charge in [0.05, 0.1) is 18.9 Å². The number of rotatable bonds is 2. The molecule has 7 heteroatoms. The van der Waals surface area contributed by atoms with Crippen molar-refractivity contribution in [3.63, 3.8) is 0 Å². The Bertz CT molecular complexity index is 1200. The van der Waals surface area contributed by atoms with Gasteiger partial charge in [0.25, 0.3) is 0 Å². The topological polar surface area (TPSA) is 101 Å². The number of hydrogen-bond donors (Lipinski definition) is 1. The summed E-state index contributed by atoms with van der Waals surface area (Å²) < 4.78 is 5.34. The summed E-state index contributed by atoms with van der Waals surface area (Å²) in [5.41, 5.74) is 2.32. The van der Waals surface area contributed by atoms with Crippen molar-refractivity contribution in [2.75, 3.05) is 14.2 Å². The zero-order chi connectivity index (χ0) is 22.9. The van der Waals surface area contributed by atoms with Crippen LogP contribution in [0.2, 0.25) is 0 Å². The lowest BCUT2D eigenvalue weighted by Gasteiger charge is -2.42. The van der Waals surface area contributed by atoms with Gasteiger partial charge < -0.3 is 9.84 Å². The zero-order valence-corrected chi connectivity index (χ0v) is 18.0. The molecule has 4 atom stereocenters. The number of aromatic hydroxyl groups is 1. The number of imide groups is 1. The predicted octanol–water partition coefficient (Wildman–Crippen LogP) is 2.46. The van der Waals surface area contributed by atoms with Gasteiger partial charge in [-0.15, -0.1) is 0 Å². The number of nitrogens with zero attached hydrogens (tertiary/aromatic N) is 1. The Balaban J connectivity index is 1.74. The third kappa shape index (κ3) is 2.66. The number of benzene rings is 1. The van der Waals surface area contributed by atoms with Crippen LogP contribution in [-0.2, 0) is 19.2 Å². The number of phenols is 1. The van der Waals surface area contributed by atoms with Gasteiger partial charge in [0.1, 0.15) is 11.5 Å². The molecule has 1 aromatic rings. The maximum atomic E-state index is 13.3. The van der Waals surface area contributed by atoms with Crippen molar-refractivity contribution >= 4 is 23.4 Å². The minimum atomic E-state index is -0.686. The third-order valence-electron chi connectivity index (χ3n) is 7.33. The number of ether oxygens (including phenoxy) is 1. The summed E-state index contributed by atoms with van der Waals surface area (Å²) in [6.45, 7) is 1.61. The molecule has 0 spiro atoms. The van der Waals surface area contributed by atoms with E-state index in [1.807, 2.05) is 6.08 Å². The molecule has 1 fully saturated rings. The minimum Gasteiger partial charge on any atom is -0.508 e. The fraction of sp³-hybridized carbons (Fsp3) is 0.360. The molecule has 1 saturated heterocycles. The Morgan fingerprint density at radius 2 is 1.84 bits per heavy atom. The Kier molecular flexibility index (Phi) is 4.48. The molecule has 7 nitrogen and oxygen atoms in total. The summed E-state index contributed by atoms with van der Waals surface area (Å²) in [5.74, 6) is -2.60. The highest BCUT2D eigenvalue weighted by atomic mass is 16.5. The normalized spacial score (nSPS) is 29.4. The summed E-state index contributed by atoms with van der Waals surface area (Å²) in [5, 5.41) is 10.8. The second-order valence-electron chi connectivity index (χ2n) is 8.89. The molecule has 32 heavy (non-hydrogen) atoms. The Morgan fingerprint density at radius 1 is 1.09 bits per heavy atom. The van der Waals surface area contributed by atoms with Gasteiger partial charge in [0.2, 0.25) is 11.8 Å². The van der Waals surface area contributed by atoms with Crippen LogP contribution in [0.4, 0.5) is 0 Å². The first-order valence-corrected chi connectivity index (χ1v) is 10.6. The fourth-order valence-corrected chi connectivity index (χ4v) is 5.76. The van der Waals surface area contributed by atoms with Crippen molar-refractivity contribution in [2.24, 2.45) is 17.8 Å². The smallest absolute Gasteiger partial charge is 0.233 e. The molecule has 0 bridgehead atoms. The van der Waals surface area contributed by atoms with E-state index in [0.717, 1.165) is 5.57 Å². The molecule has 4 aliphatic rings. The van der Waals surface area contributed by atoms with E-state index in [1.54, 1.807) is 19.1 Å². The maximum Gasteiger partial charge on any atom is 0.233 e. The Labute approximate surface area is 185 Å². The number of carbonyl (C=O) groups excluding carboxylic acids is 4. The predicted molar refractivity (Wildman–Crippen MR) is 114 cm³/mol. The van der Waals surface area contributed by atoms with Crippen LogP contribution >= 0.6 is 0 Å². The third-order valence-corrected chi connectivity index (χ3v) is 7.33. The van der Waals surface area contributed by atoms with Crippen molar-refractivity contribution in [1.29, 1.82) is 0 Å². The molecule has 0 saturated carbocycles. The van der Waals surface area contributed by atoms with Crippen LogP contribution < -0.4 is 4.74 Å². The fourth-order valence-electron chi connectivity index (χ4n) is 5.76. The minimum absolute atomic E-state index is 0.0234. The summed E-state index contributed by atoms with van der Waals surface area (Å²) >= 11 is 0. The average molecular weight is 433 g/mol. The first-order valence-electron chi connectivity index (χ1n) is 10.6.